The van der Waals surface area contributed by atoms with Gasteiger partial charge in [0.25, 0.3) is 6.01 Å². The lowest BCUT2D eigenvalue weighted by Gasteiger charge is -2.29. The van der Waals surface area contributed by atoms with Gasteiger partial charge in [-0.1, -0.05) is 0 Å². The van der Waals surface area contributed by atoms with Gasteiger partial charge in [-0.25, -0.2) is 0 Å². The van der Waals surface area contributed by atoms with Crippen LogP contribution in [0.5, 0.6) is 0 Å². The molecule has 17 heavy (non-hydrogen) atoms. The topological polar surface area (TPSA) is 64.5 Å². The van der Waals surface area contributed by atoms with Crippen LogP contribution in [0.25, 0.3) is 11.1 Å². The summed E-state index contributed by atoms with van der Waals surface area (Å²) in [5, 5.41) is 0. The zero-order valence-electron chi connectivity index (χ0n) is 9.72. The van der Waals surface area contributed by atoms with Crippen LogP contribution in [0.15, 0.2) is 22.6 Å². The first-order chi connectivity index (χ1) is 8.22. The summed E-state index contributed by atoms with van der Waals surface area (Å²) >= 11 is 0. The molecular formula is C12H15N3O2. The van der Waals surface area contributed by atoms with Crippen molar-refractivity contribution in [3.05, 3.63) is 18.2 Å². The van der Waals surface area contributed by atoms with Gasteiger partial charge in [0.05, 0.1) is 13.2 Å². The third-order valence-corrected chi connectivity index (χ3v) is 2.97. The minimum Gasteiger partial charge on any atom is -0.423 e. The highest BCUT2D eigenvalue weighted by atomic mass is 16.5. The maximum Gasteiger partial charge on any atom is 0.298 e. The maximum atomic E-state index is 5.71. The molecule has 1 aliphatic rings. The SMILES string of the molecule is CN(CC1COC1)c1nc2cc(N)ccc2o1. The van der Waals surface area contributed by atoms with Crippen LogP contribution in [0.1, 0.15) is 0 Å². The number of benzene rings is 1. The van der Waals surface area contributed by atoms with Crippen molar-refractivity contribution in [1.82, 2.24) is 4.98 Å². The highest BCUT2D eigenvalue weighted by Gasteiger charge is 2.22. The van der Waals surface area contributed by atoms with Crippen molar-refractivity contribution in [2.24, 2.45) is 5.92 Å². The molecule has 0 aliphatic carbocycles. The zero-order chi connectivity index (χ0) is 11.8. The normalized spacial score (nSPS) is 16.1. The van der Waals surface area contributed by atoms with Gasteiger partial charge >= 0.3 is 0 Å². The minimum absolute atomic E-state index is 0.583. The molecule has 0 saturated carbocycles. The third-order valence-electron chi connectivity index (χ3n) is 2.97. The van der Waals surface area contributed by atoms with Crippen molar-refractivity contribution < 1.29 is 9.15 Å². The van der Waals surface area contributed by atoms with Gasteiger partial charge in [-0.05, 0) is 18.2 Å². The second-order valence-corrected chi connectivity index (χ2v) is 4.51. The van der Waals surface area contributed by atoms with E-state index in [0.29, 0.717) is 17.6 Å². The monoisotopic (exact) mass is 233 g/mol. The average molecular weight is 233 g/mol. The summed E-state index contributed by atoms with van der Waals surface area (Å²) in [5.41, 5.74) is 7.98. The van der Waals surface area contributed by atoms with E-state index in [9.17, 15) is 0 Å². The van der Waals surface area contributed by atoms with Gasteiger partial charge < -0.3 is 19.8 Å². The number of nitrogens with zero attached hydrogens (tertiary/aromatic N) is 2. The number of ether oxygens (including phenoxy) is 1. The molecule has 0 unspecified atom stereocenters. The van der Waals surface area contributed by atoms with Crippen LogP contribution in [0, 0.1) is 5.92 Å². The number of hydrogen-bond acceptors (Lipinski definition) is 5. The molecule has 2 heterocycles. The van der Waals surface area contributed by atoms with Crippen molar-refractivity contribution in [2.75, 3.05) is 37.4 Å². The third kappa shape index (κ3) is 1.93. The lowest BCUT2D eigenvalue weighted by Crippen LogP contribution is -2.37. The molecule has 0 atom stereocenters. The number of anilines is 2. The molecule has 3 rings (SSSR count). The number of nitrogen functional groups attached to an aromatic ring is 1. The van der Waals surface area contributed by atoms with E-state index >= 15 is 0 Å². The van der Waals surface area contributed by atoms with E-state index in [-0.39, 0.29) is 0 Å². The first-order valence-corrected chi connectivity index (χ1v) is 5.67. The molecule has 1 saturated heterocycles. The number of hydrogen-bond donors (Lipinski definition) is 1. The number of rotatable bonds is 3. The second-order valence-electron chi connectivity index (χ2n) is 4.51. The predicted molar refractivity (Wildman–Crippen MR) is 66.0 cm³/mol. The minimum atomic E-state index is 0.583. The van der Waals surface area contributed by atoms with Crippen molar-refractivity contribution in [3.63, 3.8) is 0 Å². The molecule has 1 aliphatic heterocycles. The zero-order valence-corrected chi connectivity index (χ0v) is 9.72. The molecule has 1 fully saturated rings. The van der Waals surface area contributed by atoms with E-state index in [4.69, 9.17) is 14.9 Å². The summed E-state index contributed by atoms with van der Waals surface area (Å²) in [4.78, 5) is 6.44. The molecule has 1 aromatic heterocycles. The number of aromatic nitrogens is 1. The molecule has 90 valence electrons. The summed E-state index contributed by atoms with van der Waals surface area (Å²) in [6.45, 7) is 2.57. The van der Waals surface area contributed by atoms with Crippen LogP contribution in [-0.2, 0) is 4.74 Å². The Morgan fingerprint density at radius 2 is 2.29 bits per heavy atom. The molecule has 2 aromatic rings. The Balaban J connectivity index is 1.83. The summed E-state index contributed by atoms with van der Waals surface area (Å²) in [5.74, 6) is 0.583. The van der Waals surface area contributed by atoms with Gasteiger partial charge in [0.1, 0.15) is 5.52 Å². The average Bonchev–Trinajstić information content (AvgIpc) is 2.65. The Bertz CT molecular complexity index is 534. The fraction of sp³-hybridized carbons (Fsp3) is 0.417. The quantitative estimate of drug-likeness (QED) is 0.814. The largest absolute Gasteiger partial charge is 0.423 e. The van der Waals surface area contributed by atoms with Crippen molar-refractivity contribution >= 4 is 22.8 Å². The Morgan fingerprint density at radius 3 is 3.00 bits per heavy atom. The predicted octanol–water partition coefficient (Wildman–Crippen LogP) is 1.49. The van der Waals surface area contributed by atoms with Crippen LogP contribution in [0.4, 0.5) is 11.7 Å². The second kappa shape index (κ2) is 3.92. The molecule has 0 radical (unpaired) electrons. The van der Waals surface area contributed by atoms with E-state index < -0.39 is 0 Å². The number of oxazole rings is 1. The van der Waals surface area contributed by atoms with Gasteiger partial charge in [-0.2, -0.15) is 4.98 Å². The molecule has 0 spiro atoms. The highest BCUT2D eigenvalue weighted by molar-refractivity contribution is 5.78. The summed E-state index contributed by atoms with van der Waals surface area (Å²) in [6, 6.07) is 6.12. The van der Waals surface area contributed by atoms with Crippen LogP contribution in [0.3, 0.4) is 0 Å². The molecule has 2 N–H and O–H groups in total. The van der Waals surface area contributed by atoms with Gasteiger partial charge in [0.2, 0.25) is 0 Å². The van der Waals surface area contributed by atoms with E-state index in [1.165, 1.54) is 0 Å². The Morgan fingerprint density at radius 1 is 1.47 bits per heavy atom. The Kier molecular flexibility index (Phi) is 2.40. The molecule has 5 nitrogen and oxygen atoms in total. The Labute approximate surface area is 99.2 Å². The fourth-order valence-corrected chi connectivity index (χ4v) is 1.95. The molecule has 5 heteroatoms. The van der Waals surface area contributed by atoms with E-state index in [1.807, 2.05) is 30.1 Å². The van der Waals surface area contributed by atoms with E-state index in [2.05, 4.69) is 4.98 Å². The van der Waals surface area contributed by atoms with Crippen molar-refractivity contribution in [3.8, 4) is 0 Å². The van der Waals surface area contributed by atoms with Crippen LogP contribution < -0.4 is 10.6 Å². The summed E-state index contributed by atoms with van der Waals surface area (Å²) in [7, 11) is 1.98. The van der Waals surface area contributed by atoms with Crippen molar-refractivity contribution in [2.45, 2.75) is 0 Å². The van der Waals surface area contributed by atoms with E-state index in [0.717, 1.165) is 30.9 Å². The molecule has 1 aromatic carbocycles. The van der Waals surface area contributed by atoms with Gasteiger partial charge in [-0.15, -0.1) is 0 Å². The lowest BCUT2D eigenvalue weighted by molar-refractivity contribution is -0.0275. The standard InChI is InChI=1S/C12H15N3O2/c1-15(5-8-6-16-7-8)12-14-10-4-9(13)2-3-11(10)17-12/h2-4,8H,5-7,13H2,1H3. The molecule has 0 bridgehead atoms. The van der Waals surface area contributed by atoms with Gasteiger partial charge in [-0.3, -0.25) is 0 Å². The first kappa shape index (κ1) is 10.4. The van der Waals surface area contributed by atoms with Crippen molar-refractivity contribution in [1.29, 1.82) is 0 Å². The molecular weight excluding hydrogens is 218 g/mol. The highest BCUT2D eigenvalue weighted by Crippen LogP contribution is 2.24. The van der Waals surface area contributed by atoms with Gasteiger partial charge in [0, 0.05) is 25.2 Å². The van der Waals surface area contributed by atoms with E-state index in [1.54, 1.807) is 0 Å². The summed E-state index contributed by atoms with van der Waals surface area (Å²) < 4.78 is 10.8. The van der Waals surface area contributed by atoms with Crippen LogP contribution in [-0.4, -0.2) is 31.8 Å². The Hall–Kier alpha value is -1.75. The van der Waals surface area contributed by atoms with Crippen LogP contribution >= 0.6 is 0 Å². The summed E-state index contributed by atoms with van der Waals surface area (Å²) in [6.07, 6.45) is 0. The number of fused-ring (bicyclic) bond motifs is 1. The molecule has 0 amide bonds. The van der Waals surface area contributed by atoms with Gasteiger partial charge in [0.15, 0.2) is 5.58 Å². The first-order valence-electron chi connectivity index (χ1n) is 5.67. The smallest absolute Gasteiger partial charge is 0.298 e. The number of nitrogens with two attached hydrogens (primary N) is 1. The fourth-order valence-electron chi connectivity index (χ4n) is 1.95. The maximum absolute atomic E-state index is 5.71. The van der Waals surface area contributed by atoms with Crippen LogP contribution in [0.2, 0.25) is 0 Å². The lowest BCUT2D eigenvalue weighted by atomic mass is 10.1.